The molecule has 2 aromatic carbocycles. The molecule has 118 valence electrons. The van der Waals surface area contributed by atoms with Crippen molar-refractivity contribution in [1.29, 1.82) is 0 Å². The first kappa shape index (κ1) is 13.5. The SMILES string of the molecule is c1cc(-c2nc(N3CCCC3)c3ccccc3n2)c2[nH]ccc2c1. The second-order valence-corrected chi connectivity index (χ2v) is 6.33. The minimum atomic E-state index is 0.795. The van der Waals surface area contributed by atoms with Crippen molar-refractivity contribution in [2.75, 3.05) is 18.0 Å². The minimum Gasteiger partial charge on any atom is -0.361 e. The van der Waals surface area contributed by atoms with Crippen molar-refractivity contribution in [2.24, 2.45) is 0 Å². The van der Waals surface area contributed by atoms with Crippen LogP contribution in [0.3, 0.4) is 0 Å². The summed E-state index contributed by atoms with van der Waals surface area (Å²) in [6.07, 6.45) is 4.44. The van der Waals surface area contributed by atoms with Crippen molar-refractivity contribution in [3.05, 3.63) is 54.7 Å². The second kappa shape index (κ2) is 5.34. The van der Waals surface area contributed by atoms with Crippen LogP contribution in [0.25, 0.3) is 33.2 Å². The largest absolute Gasteiger partial charge is 0.361 e. The summed E-state index contributed by atoms with van der Waals surface area (Å²) in [5.74, 6) is 1.86. The molecular formula is C20H18N4. The molecule has 3 heterocycles. The first-order chi connectivity index (χ1) is 11.9. The number of aromatic amines is 1. The molecule has 24 heavy (non-hydrogen) atoms. The van der Waals surface area contributed by atoms with E-state index in [1.807, 2.05) is 12.3 Å². The fourth-order valence-electron chi connectivity index (χ4n) is 3.62. The lowest BCUT2D eigenvalue weighted by atomic mass is 10.1. The molecule has 1 saturated heterocycles. The highest BCUT2D eigenvalue weighted by atomic mass is 15.2. The monoisotopic (exact) mass is 314 g/mol. The Balaban J connectivity index is 1.78. The number of nitrogens with zero attached hydrogens (tertiary/aromatic N) is 3. The van der Waals surface area contributed by atoms with E-state index < -0.39 is 0 Å². The van der Waals surface area contributed by atoms with Gasteiger partial charge < -0.3 is 9.88 Å². The molecule has 0 radical (unpaired) electrons. The standard InChI is InChI=1S/C20H18N4/c1-2-9-17-15(7-1)20(24-12-3-4-13-24)23-19(22-17)16-8-5-6-14-10-11-21-18(14)16/h1-2,5-11,21H,3-4,12-13H2. The van der Waals surface area contributed by atoms with Crippen LogP contribution >= 0.6 is 0 Å². The van der Waals surface area contributed by atoms with Crippen molar-refractivity contribution >= 4 is 27.6 Å². The van der Waals surface area contributed by atoms with Crippen LogP contribution in [0, 0.1) is 0 Å². The number of aromatic nitrogens is 3. The molecule has 1 aliphatic heterocycles. The van der Waals surface area contributed by atoms with Crippen molar-refractivity contribution in [2.45, 2.75) is 12.8 Å². The Labute approximate surface area is 140 Å². The first-order valence-electron chi connectivity index (χ1n) is 8.48. The number of hydrogen-bond donors (Lipinski definition) is 1. The summed E-state index contributed by atoms with van der Waals surface area (Å²) in [5.41, 5.74) is 3.16. The zero-order valence-corrected chi connectivity index (χ0v) is 13.4. The Morgan fingerprint density at radius 1 is 0.875 bits per heavy atom. The van der Waals surface area contributed by atoms with Crippen LogP contribution < -0.4 is 4.90 Å². The van der Waals surface area contributed by atoms with Crippen molar-refractivity contribution < 1.29 is 0 Å². The summed E-state index contributed by atoms with van der Waals surface area (Å²) in [6.45, 7) is 2.15. The highest BCUT2D eigenvalue weighted by molar-refractivity contribution is 5.96. The molecule has 0 bridgehead atoms. The molecule has 4 aromatic rings. The lowest BCUT2D eigenvalue weighted by molar-refractivity contribution is 0.941. The van der Waals surface area contributed by atoms with Gasteiger partial charge in [-0.3, -0.25) is 0 Å². The second-order valence-electron chi connectivity index (χ2n) is 6.33. The molecule has 0 atom stereocenters. The molecule has 0 aliphatic carbocycles. The molecule has 0 unspecified atom stereocenters. The lowest BCUT2D eigenvalue weighted by Gasteiger charge is -2.19. The predicted octanol–water partition coefficient (Wildman–Crippen LogP) is 4.38. The highest BCUT2D eigenvalue weighted by Gasteiger charge is 2.19. The summed E-state index contributed by atoms with van der Waals surface area (Å²) in [5, 5.41) is 2.33. The number of para-hydroxylation sites is 2. The van der Waals surface area contributed by atoms with E-state index in [1.54, 1.807) is 0 Å². The van der Waals surface area contributed by atoms with Gasteiger partial charge in [-0.1, -0.05) is 24.3 Å². The maximum absolute atomic E-state index is 4.98. The Kier molecular flexibility index (Phi) is 3.01. The van der Waals surface area contributed by atoms with Gasteiger partial charge in [-0.15, -0.1) is 0 Å². The number of H-pyrrole nitrogens is 1. The molecule has 4 heteroatoms. The molecule has 0 saturated carbocycles. The number of fused-ring (bicyclic) bond motifs is 2. The summed E-state index contributed by atoms with van der Waals surface area (Å²) in [7, 11) is 0. The Bertz CT molecular complexity index is 1030. The summed E-state index contributed by atoms with van der Waals surface area (Å²) in [4.78, 5) is 15.5. The van der Waals surface area contributed by atoms with Gasteiger partial charge in [0.15, 0.2) is 5.82 Å². The van der Waals surface area contributed by atoms with Crippen LogP contribution in [-0.4, -0.2) is 28.0 Å². The smallest absolute Gasteiger partial charge is 0.164 e. The van der Waals surface area contributed by atoms with E-state index in [0.29, 0.717) is 0 Å². The van der Waals surface area contributed by atoms with E-state index in [-0.39, 0.29) is 0 Å². The van der Waals surface area contributed by atoms with Crippen LogP contribution in [0.5, 0.6) is 0 Å². The van der Waals surface area contributed by atoms with E-state index in [2.05, 4.69) is 52.3 Å². The van der Waals surface area contributed by atoms with Crippen molar-refractivity contribution in [1.82, 2.24) is 15.0 Å². The molecule has 1 N–H and O–H groups in total. The maximum atomic E-state index is 4.98. The average Bonchev–Trinajstić information content (AvgIpc) is 3.32. The predicted molar refractivity (Wildman–Crippen MR) is 98.3 cm³/mol. The van der Waals surface area contributed by atoms with Gasteiger partial charge in [-0.25, -0.2) is 9.97 Å². The third kappa shape index (κ3) is 2.07. The topological polar surface area (TPSA) is 44.8 Å². The quantitative estimate of drug-likeness (QED) is 0.597. The Morgan fingerprint density at radius 3 is 2.67 bits per heavy atom. The average molecular weight is 314 g/mol. The van der Waals surface area contributed by atoms with Gasteiger partial charge in [0.05, 0.1) is 11.0 Å². The zero-order valence-electron chi connectivity index (χ0n) is 13.4. The van der Waals surface area contributed by atoms with E-state index in [1.165, 1.54) is 18.2 Å². The van der Waals surface area contributed by atoms with Gasteiger partial charge in [-0.2, -0.15) is 0 Å². The fraction of sp³-hybridized carbons (Fsp3) is 0.200. The van der Waals surface area contributed by atoms with Gasteiger partial charge in [0.1, 0.15) is 5.82 Å². The van der Waals surface area contributed by atoms with Gasteiger partial charge in [0, 0.05) is 35.6 Å². The third-order valence-electron chi connectivity index (χ3n) is 4.82. The Hall–Kier alpha value is -2.88. The minimum absolute atomic E-state index is 0.795. The zero-order chi connectivity index (χ0) is 15.9. The maximum Gasteiger partial charge on any atom is 0.164 e. The van der Waals surface area contributed by atoms with E-state index >= 15 is 0 Å². The molecule has 5 rings (SSSR count). The number of rotatable bonds is 2. The number of benzene rings is 2. The van der Waals surface area contributed by atoms with Crippen molar-refractivity contribution in [3.8, 4) is 11.4 Å². The third-order valence-corrected chi connectivity index (χ3v) is 4.82. The Morgan fingerprint density at radius 2 is 1.75 bits per heavy atom. The van der Waals surface area contributed by atoms with Gasteiger partial charge in [-0.05, 0) is 37.1 Å². The molecule has 4 nitrogen and oxygen atoms in total. The van der Waals surface area contributed by atoms with Crippen LogP contribution in [-0.2, 0) is 0 Å². The molecular weight excluding hydrogens is 296 g/mol. The lowest BCUT2D eigenvalue weighted by Crippen LogP contribution is -2.20. The van der Waals surface area contributed by atoms with Crippen LogP contribution in [0.15, 0.2) is 54.7 Å². The van der Waals surface area contributed by atoms with E-state index in [9.17, 15) is 0 Å². The summed E-state index contributed by atoms with van der Waals surface area (Å²) < 4.78 is 0. The van der Waals surface area contributed by atoms with Gasteiger partial charge in [0.2, 0.25) is 0 Å². The van der Waals surface area contributed by atoms with Gasteiger partial charge in [0.25, 0.3) is 0 Å². The molecule has 1 fully saturated rings. The van der Waals surface area contributed by atoms with Crippen LogP contribution in [0.4, 0.5) is 5.82 Å². The molecule has 0 amide bonds. The van der Waals surface area contributed by atoms with E-state index in [0.717, 1.165) is 46.7 Å². The van der Waals surface area contributed by atoms with Crippen molar-refractivity contribution in [3.63, 3.8) is 0 Å². The number of nitrogens with one attached hydrogen (secondary N) is 1. The highest BCUT2D eigenvalue weighted by Crippen LogP contribution is 2.31. The number of anilines is 1. The van der Waals surface area contributed by atoms with Crippen LogP contribution in [0.1, 0.15) is 12.8 Å². The molecule has 2 aromatic heterocycles. The van der Waals surface area contributed by atoms with Crippen LogP contribution in [0.2, 0.25) is 0 Å². The number of hydrogen-bond acceptors (Lipinski definition) is 3. The first-order valence-corrected chi connectivity index (χ1v) is 8.48. The normalized spacial score (nSPS) is 14.8. The fourth-order valence-corrected chi connectivity index (χ4v) is 3.62. The summed E-state index contributed by atoms with van der Waals surface area (Å²) in [6, 6.07) is 16.7. The molecule has 0 spiro atoms. The van der Waals surface area contributed by atoms with Gasteiger partial charge >= 0.3 is 0 Å². The molecule has 1 aliphatic rings. The summed E-state index contributed by atoms with van der Waals surface area (Å²) >= 11 is 0. The van der Waals surface area contributed by atoms with E-state index in [4.69, 9.17) is 9.97 Å².